The molecule has 0 saturated carbocycles. The molecule has 1 aromatic carbocycles. The van der Waals surface area contributed by atoms with E-state index in [0.29, 0.717) is 17.9 Å². The zero-order valence-corrected chi connectivity index (χ0v) is 13.8. The summed E-state index contributed by atoms with van der Waals surface area (Å²) < 4.78 is 16.0. The first kappa shape index (κ1) is 17.3. The lowest BCUT2D eigenvalue weighted by molar-refractivity contribution is -0.385. The molecule has 2 aromatic heterocycles. The standard InChI is InChI=1S/C16H15FN6O3/c1-11-15(23(25)26)7-19-22(11)10-16(24)20-14-6-18-21(9-14)8-12-3-2-4-13(17)5-12/h2-7,9H,8,10H2,1H3,(H,20,24). The largest absolute Gasteiger partial charge is 0.322 e. The van der Waals surface area contributed by atoms with Crippen molar-refractivity contribution in [2.24, 2.45) is 0 Å². The first-order valence-electron chi connectivity index (χ1n) is 7.66. The lowest BCUT2D eigenvalue weighted by Crippen LogP contribution is -2.20. The number of amides is 1. The number of hydrogen-bond donors (Lipinski definition) is 1. The Morgan fingerprint density at radius 3 is 2.85 bits per heavy atom. The van der Waals surface area contributed by atoms with Crippen LogP contribution in [0.4, 0.5) is 15.8 Å². The average Bonchev–Trinajstić information content (AvgIpc) is 3.15. The van der Waals surface area contributed by atoms with Gasteiger partial charge in [-0.15, -0.1) is 0 Å². The van der Waals surface area contributed by atoms with E-state index in [9.17, 15) is 19.3 Å². The maximum Gasteiger partial charge on any atom is 0.309 e. The van der Waals surface area contributed by atoms with E-state index in [1.165, 1.54) is 29.9 Å². The summed E-state index contributed by atoms with van der Waals surface area (Å²) in [6, 6.07) is 6.16. The molecule has 26 heavy (non-hydrogen) atoms. The number of carbonyl (C=O) groups excluding carboxylic acids is 1. The third-order valence-electron chi connectivity index (χ3n) is 3.72. The molecule has 1 amide bonds. The van der Waals surface area contributed by atoms with E-state index in [-0.39, 0.29) is 18.0 Å². The van der Waals surface area contributed by atoms with Gasteiger partial charge in [0, 0.05) is 6.20 Å². The van der Waals surface area contributed by atoms with Gasteiger partial charge in [-0.3, -0.25) is 24.3 Å². The van der Waals surface area contributed by atoms with Gasteiger partial charge in [-0.05, 0) is 24.6 Å². The highest BCUT2D eigenvalue weighted by Crippen LogP contribution is 2.16. The van der Waals surface area contributed by atoms with Crippen molar-refractivity contribution in [3.63, 3.8) is 0 Å². The smallest absolute Gasteiger partial charge is 0.309 e. The zero-order valence-electron chi connectivity index (χ0n) is 13.8. The molecule has 0 saturated heterocycles. The lowest BCUT2D eigenvalue weighted by Gasteiger charge is -2.04. The van der Waals surface area contributed by atoms with Crippen molar-refractivity contribution in [3.05, 3.63) is 70.0 Å². The zero-order chi connectivity index (χ0) is 18.7. The van der Waals surface area contributed by atoms with Gasteiger partial charge in [0.25, 0.3) is 0 Å². The highest BCUT2D eigenvalue weighted by molar-refractivity contribution is 5.90. The second kappa shape index (κ2) is 7.13. The number of aromatic nitrogens is 4. The number of benzene rings is 1. The first-order chi connectivity index (χ1) is 12.4. The molecule has 0 aliphatic heterocycles. The summed E-state index contributed by atoms with van der Waals surface area (Å²) in [5, 5.41) is 21.4. The fraction of sp³-hybridized carbons (Fsp3) is 0.188. The van der Waals surface area contributed by atoms with Gasteiger partial charge in [-0.2, -0.15) is 10.2 Å². The Hall–Kier alpha value is -3.56. The summed E-state index contributed by atoms with van der Waals surface area (Å²) in [5.41, 5.74) is 1.36. The van der Waals surface area contributed by atoms with Crippen LogP contribution in [0.3, 0.4) is 0 Å². The molecule has 0 radical (unpaired) electrons. The Bertz CT molecular complexity index is 965. The van der Waals surface area contributed by atoms with E-state index >= 15 is 0 Å². The molecule has 10 heteroatoms. The maximum atomic E-state index is 13.2. The second-order valence-corrected chi connectivity index (χ2v) is 5.63. The van der Waals surface area contributed by atoms with Gasteiger partial charge in [-0.25, -0.2) is 4.39 Å². The maximum absolute atomic E-state index is 13.2. The summed E-state index contributed by atoms with van der Waals surface area (Å²) in [6.07, 6.45) is 4.19. The van der Waals surface area contributed by atoms with Crippen LogP contribution in [0.2, 0.25) is 0 Å². The third-order valence-corrected chi connectivity index (χ3v) is 3.72. The van der Waals surface area contributed by atoms with E-state index in [2.05, 4.69) is 15.5 Å². The monoisotopic (exact) mass is 358 g/mol. The number of halogens is 1. The molecular weight excluding hydrogens is 343 g/mol. The van der Waals surface area contributed by atoms with Crippen LogP contribution in [-0.2, 0) is 17.9 Å². The fourth-order valence-corrected chi connectivity index (χ4v) is 2.45. The van der Waals surface area contributed by atoms with Crippen molar-refractivity contribution in [1.29, 1.82) is 0 Å². The Labute approximate surface area is 147 Å². The van der Waals surface area contributed by atoms with Gasteiger partial charge in [0.15, 0.2) is 0 Å². The highest BCUT2D eigenvalue weighted by Gasteiger charge is 2.18. The van der Waals surface area contributed by atoms with Crippen molar-refractivity contribution in [3.8, 4) is 0 Å². The van der Waals surface area contributed by atoms with Gasteiger partial charge >= 0.3 is 5.69 Å². The summed E-state index contributed by atoms with van der Waals surface area (Å²) in [7, 11) is 0. The Balaban J connectivity index is 1.62. The molecule has 3 aromatic rings. The minimum atomic E-state index is -0.548. The second-order valence-electron chi connectivity index (χ2n) is 5.63. The van der Waals surface area contributed by atoms with E-state index in [1.807, 2.05) is 0 Å². The molecule has 0 bridgehead atoms. The van der Waals surface area contributed by atoms with Crippen molar-refractivity contribution in [2.45, 2.75) is 20.0 Å². The van der Waals surface area contributed by atoms with Crippen LogP contribution in [0.5, 0.6) is 0 Å². The Morgan fingerprint density at radius 1 is 1.35 bits per heavy atom. The molecule has 134 valence electrons. The van der Waals surface area contributed by atoms with Crippen LogP contribution < -0.4 is 5.32 Å². The topological polar surface area (TPSA) is 108 Å². The number of anilines is 1. The van der Waals surface area contributed by atoms with Crippen LogP contribution >= 0.6 is 0 Å². The number of hydrogen-bond acceptors (Lipinski definition) is 5. The summed E-state index contributed by atoms with van der Waals surface area (Å²) in [6.45, 7) is 1.72. The molecular formula is C16H15FN6O3. The highest BCUT2D eigenvalue weighted by atomic mass is 19.1. The van der Waals surface area contributed by atoms with Gasteiger partial charge in [-0.1, -0.05) is 12.1 Å². The number of nitrogens with one attached hydrogen (secondary N) is 1. The van der Waals surface area contributed by atoms with Crippen molar-refractivity contribution in [1.82, 2.24) is 19.6 Å². The molecule has 9 nitrogen and oxygen atoms in total. The van der Waals surface area contributed by atoms with Crippen molar-refractivity contribution in [2.75, 3.05) is 5.32 Å². The van der Waals surface area contributed by atoms with Gasteiger partial charge < -0.3 is 5.32 Å². The lowest BCUT2D eigenvalue weighted by atomic mass is 10.2. The number of nitrogens with zero attached hydrogens (tertiary/aromatic N) is 5. The molecule has 0 fully saturated rings. The van der Waals surface area contributed by atoms with E-state index in [1.54, 1.807) is 23.0 Å². The van der Waals surface area contributed by atoms with Crippen LogP contribution in [0.1, 0.15) is 11.3 Å². The van der Waals surface area contributed by atoms with Crippen LogP contribution in [0.15, 0.2) is 42.9 Å². The summed E-state index contributed by atoms with van der Waals surface area (Å²) >= 11 is 0. The predicted molar refractivity (Wildman–Crippen MR) is 90.0 cm³/mol. The molecule has 2 heterocycles. The number of rotatable bonds is 6. The molecule has 0 aliphatic rings. The third kappa shape index (κ3) is 3.91. The van der Waals surface area contributed by atoms with Crippen LogP contribution in [0.25, 0.3) is 0 Å². The van der Waals surface area contributed by atoms with Crippen LogP contribution in [0, 0.1) is 22.9 Å². The summed E-state index contributed by atoms with van der Waals surface area (Å²) in [5.74, 6) is -0.719. The first-order valence-corrected chi connectivity index (χ1v) is 7.66. The van der Waals surface area contributed by atoms with E-state index < -0.39 is 10.8 Å². The predicted octanol–water partition coefficient (Wildman–Crippen LogP) is 2.12. The van der Waals surface area contributed by atoms with Gasteiger partial charge in [0.1, 0.15) is 24.3 Å². The van der Waals surface area contributed by atoms with Crippen LogP contribution in [-0.4, -0.2) is 30.4 Å². The van der Waals surface area contributed by atoms with Gasteiger partial charge in [0.05, 0.1) is 23.4 Å². The minimum Gasteiger partial charge on any atom is -0.322 e. The fourth-order valence-electron chi connectivity index (χ4n) is 2.45. The SMILES string of the molecule is Cc1c([N+](=O)[O-])cnn1CC(=O)Nc1cnn(Cc2cccc(F)c2)c1. The normalized spacial score (nSPS) is 10.7. The number of nitro groups is 1. The van der Waals surface area contributed by atoms with Crippen molar-refractivity contribution >= 4 is 17.3 Å². The molecule has 1 N–H and O–H groups in total. The van der Waals surface area contributed by atoms with Crippen molar-refractivity contribution < 1.29 is 14.1 Å². The quantitative estimate of drug-likeness (QED) is 0.536. The Morgan fingerprint density at radius 2 is 2.15 bits per heavy atom. The molecule has 0 unspecified atom stereocenters. The molecule has 0 aliphatic carbocycles. The minimum absolute atomic E-state index is 0.138. The molecule has 3 rings (SSSR count). The molecule has 0 atom stereocenters. The van der Waals surface area contributed by atoms with Gasteiger partial charge in [0.2, 0.25) is 5.91 Å². The summed E-state index contributed by atoms with van der Waals surface area (Å²) in [4.78, 5) is 22.4. The average molecular weight is 358 g/mol. The van der Waals surface area contributed by atoms with E-state index in [0.717, 1.165) is 11.8 Å². The Kier molecular flexibility index (Phi) is 4.74. The number of carbonyl (C=O) groups is 1. The molecule has 0 spiro atoms. The van der Waals surface area contributed by atoms with E-state index in [4.69, 9.17) is 0 Å².